The Bertz CT molecular complexity index is 1420. The van der Waals surface area contributed by atoms with Gasteiger partial charge in [-0.3, -0.25) is 4.98 Å². The Morgan fingerprint density at radius 2 is 1.86 bits per heavy atom. The van der Waals surface area contributed by atoms with Crippen molar-refractivity contribution in [1.82, 2.24) is 25.3 Å². The van der Waals surface area contributed by atoms with Crippen molar-refractivity contribution in [3.63, 3.8) is 0 Å². The third-order valence-corrected chi connectivity index (χ3v) is 6.82. The number of hydrogen-bond acceptors (Lipinski definition) is 6. The molecule has 2 aliphatic rings. The highest BCUT2D eigenvalue weighted by molar-refractivity contribution is 5.91. The summed E-state index contributed by atoms with van der Waals surface area (Å²) < 4.78 is 0. The van der Waals surface area contributed by atoms with Crippen LogP contribution in [0, 0.1) is 0 Å². The molecule has 3 heterocycles. The van der Waals surface area contributed by atoms with Gasteiger partial charge in [0.2, 0.25) is 0 Å². The zero-order valence-electron chi connectivity index (χ0n) is 21.5. The van der Waals surface area contributed by atoms with Gasteiger partial charge in [0.05, 0.1) is 23.3 Å². The number of nitrogens with one attached hydrogen (secondary N) is 2. The average molecular weight is 496 g/mol. The highest BCUT2D eigenvalue weighted by Gasteiger charge is 2.32. The van der Waals surface area contributed by atoms with E-state index >= 15 is 0 Å². The summed E-state index contributed by atoms with van der Waals surface area (Å²) in [5, 5.41) is 7.57. The summed E-state index contributed by atoms with van der Waals surface area (Å²) in [4.78, 5) is 21.0. The van der Waals surface area contributed by atoms with E-state index in [4.69, 9.17) is 14.9 Å². The molecule has 0 spiro atoms. The minimum atomic E-state index is -0.0569. The predicted molar refractivity (Wildman–Crippen MR) is 147 cm³/mol. The van der Waals surface area contributed by atoms with Crippen LogP contribution in [0.1, 0.15) is 43.9 Å². The molecule has 1 aliphatic carbocycles. The van der Waals surface area contributed by atoms with E-state index in [9.17, 15) is 0 Å². The molecule has 0 bridgehead atoms. The molecule has 2 aromatic heterocycles. The molecule has 1 unspecified atom stereocenters. The second-order valence-corrected chi connectivity index (χ2v) is 9.24. The molecule has 0 saturated carbocycles. The first-order valence-electron chi connectivity index (χ1n) is 12.7. The van der Waals surface area contributed by atoms with Gasteiger partial charge in [-0.05, 0) is 54.7 Å². The molecule has 3 N–H and O–H groups in total. The standard InChI is InChI=1S/C28H27N5O.C2H6O/c1-18-7-5-8-19(14-16-33(18)2)34-32-27-21-10-4-3-9-20(21)26-22(27)11-6-12-23(26)28-30-24-13-15-29-17-25(24)31-28;1-2-3/h3-4,6-7,9-15,17,27,32H,5,8,16H2,1-2H3,(H,30,31);3H,2H2,1H3/b18-7-,19-14+;. The lowest BCUT2D eigenvalue weighted by Crippen LogP contribution is -2.23. The fourth-order valence-corrected chi connectivity index (χ4v) is 4.86. The van der Waals surface area contributed by atoms with Crippen LogP contribution in [0.3, 0.4) is 0 Å². The van der Waals surface area contributed by atoms with E-state index in [1.807, 2.05) is 12.3 Å². The van der Waals surface area contributed by atoms with Gasteiger partial charge in [0.1, 0.15) is 11.6 Å². The molecule has 1 atom stereocenters. The summed E-state index contributed by atoms with van der Waals surface area (Å²) in [6.07, 6.45) is 9.88. The second-order valence-electron chi connectivity index (χ2n) is 9.24. The lowest BCUT2D eigenvalue weighted by Gasteiger charge is -2.23. The number of nitrogens with zero attached hydrogens (tertiary/aromatic N) is 3. The van der Waals surface area contributed by atoms with Gasteiger partial charge in [0, 0.05) is 44.1 Å². The smallest absolute Gasteiger partial charge is 0.139 e. The molecular formula is C30H33N5O2. The fraction of sp³-hybridized carbons (Fsp3) is 0.267. The van der Waals surface area contributed by atoms with Crippen molar-refractivity contribution >= 4 is 11.0 Å². The number of likely N-dealkylation sites (N-methyl/N-ethyl adjacent to an activating group) is 1. The molecular weight excluding hydrogens is 462 g/mol. The van der Waals surface area contributed by atoms with E-state index in [-0.39, 0.29) is 12.6 Å². The Labute approximate surface area is 217 Å². The molecule has 0 amide bonds. The summed E-state index contributed by atoms with van der Waals surface area (Å²) in [7, 11) is 2.11. The van der Waals surface area contributed by atoms with E-state index in [0.717, 1.165) is 47.6 Å². The van der Waals surface area contributed by atoms with Crippen molar-refractivity contribution in [3.8, 4) is 22.5 Å². The van der Waals surface area contributed by atoms with Crippen LogP contribution in [0.25, 0.3) is 33.5 Å². The summed E-state index contributed by atoms with van der Waals surface area (Å²) in [6, 6.07) is 16.8. The zero-order valence-corrected chi connectivity index (χ0v) is 21.5. The Hall–Kier alpha value is -3.94. The van der Waals surface area contributed by atoms with Crippen molar-refractivity contribution in [2.75, 3.05) is 20.2 Å². The minimum Gasteiger partial charge on any atom is -0.413 e. The largest absolute Gasteiger partial charge is 0.413 e. The number of rotatable bonds is 4. The predicted octanol–water partition coefficient (Wildman–Crippen LogP) is 5.73. The first-order valence-corrected chi connectivity index (χ1v) is 12.7. The van der Waals surface area contributed by atoms with Crippen LogP contribution in [0.5, 0.6) is 0 Å². The van der Waals surface area contributed by atoms with Gasteiger partial charge in [0.25, 0.3) is 0 Å². The van der Waals surface area contributed by atoms with E-state index in [1.54, 1.807) is 13.1 Å². The third-order valence-electron chi connectivity index (χ3n) is 6.82. The summed E-state index contributed by atoms with van der Waals surface area (Å²) in [5.41, 5.74) is 12.4. The number of H-pyrrole nitrogens is 1. The maximum Gasteiger partial charge on any atom is 0.139 e. The first-order chi connectivity index (χ1) is 18.1. The van der Waals surface area contributed by atoms with E-state index in [2.05, 4.69) is 88.9 Å². The van der Waals surface area contributed by atoms with Gasteiger partial charge in [-0.15, -0.1) is 5.48 Å². The number of imidazole rings is 1. The van der Waals surface area contributed by atoms with E-state index in [0.29, 0.717) is 0 Å². The van der Waals surface area contributed by atoms with Crippen LogP contribution < -0.4 is 5.48 Å². The maximum absolute atomic E-state index is 7.57. The number of aliphatic hydroxyl groups is 1. The molecule has 7 heteroatoms. The van der Waals surface area contributed by atoms with Gasteiger partial charge in [-0.25, -0.2) is 4.98 Å². The molecule has 37 heavy (non-hydrogen) atoms. The van der Waals surface area contributed by atoms with Crippen LogP contribution in [0.4, 0.5) is 0 Å². The van der Waals surface area contributed by atoms with Crippen molar-refractivity contribution in [2.45, 2.75) is 32.7 Å². The monoisotopic (exact) mass is 495 g/mol. The summed E-state index contributed by atoms with van der Waals surface area (Å²) in [5.74, 6) is 1.83. The highest BCUT2D eigenvalue weighted by atomic mass is 16.6. The van der Waals surface area contributed by atoms with Gasteiger partial charge >= 0.3 is 0 Å². The number of hydroxylamine groups is 1. The topological polar surface area (TPSA) is 86.3 Å². The Morgan fingerprint density at radius 3 is 2.70 bits per heavy atom. The van der Waals surface area contributed by atoms with Crippen molar-refractivity contribution in [1.29, 1.82) is 0 Å². The SMILES string of the molecule is C/C1=C/CC/C(ONC2c3ccccc3-c3c(-c4nc5ccncc5[nH]4)cccc32)=C\CN1C.CCO. The van der Waals surface area contributed by atoms with Crippen LogP contribution in [0.15, 0.2) is 84.5 Å². The first kappa shape index (κ1) is 24.7. The number of hydrogen-bond donors (Lipinski definition) is 3. The lowest BCUT2D eigenvalue weighted by molar-refractivity contribution is 0.0783. The molecule has 190 valence electrons. The van der Waals surface area contributed by atoms with Crippen molar-refractivity contribution in [3.05, 3.63) is 95.7 Å². The molecule has 2 aromatic carbocycles. The van der Waals surface area contributed by atoms with E-state index < -0.39 is 0 Å². The van der Waals surface area contributed by atoms with Crippen molar-refractivity contribution in [2.24, 2.45) is 0 Å². The Kier molecular flexibility index (Phi) is 7.35. The molecule has 0 fully saturated rings. The Balaban J connectivity index is 0.000000892. The third kappa shape index (κ3) is 5.01. The molecule has 0 saturated heterocycles. The lowest BCUT2D eigenvalue weighted by atomic mass is 9.99. The number of benzene rings is 2. The normalized spacial score (nSPS) is 19.4. The number of aromatic nitrogens is 3. The fourth-order valence-electron chi connectivity index (χ4n) is 4.86. The molecule has 1 aliphatic heterocycles. The van der Waals surface area contributed by atoms with Gasteiger partial charge in [-0.1, -0.05) is 48.5 Å². The van der Waals surface area contributed by atoms with Crippen LogP contribution in [-0.2, 0) is 4.84 Å². The number of fused-ring (bicyclic) bond motifs is 4. The Morgan fingerprint density at radius 1 is 1.08 bits per heavy atom. The second kappa shape index (κ2) is 11.0. The average Bonchev–Trinajstić information content (AvgIpc) is 3.48. The van der Waals surface area contributed by atoms with Crippen LogP contribution >= 0.6 is 0 Å². The quantitative estimate of drug-likeness (QED) is 0.314. The molecule has 6 rings (SSSR count). The number of allylic oxidation sites excluding steroid dienone is 3. The number of aromatic amines is 1. The molecule has 4 aromatic rings. The van der Waals surface area contributed by atoms with Crippen LogP contribution in [-0.4, -0.2) is 45.2 Å². The summed E-state index contributed by atoms with van der Waals surface area (Å²) in [6.45, 7) is 4.92. The minimum absolute atomic E-state index is 0.0569. The molecule has 7 nitrogen and oxygen atoms in total. The maximum atomic E-state index is 7.57. The van der Waals surface area contributed by atoms with Gasteiger partial charge < -0.3 is 19.8 Å². The summed E-state index contributed by atoms with van der Waals surface area (Å²) >= 11 is 0. The van der Waals surface area contributed by atoms with Crippen LogP contribution in [0.2, 0.25) is 0 Å². The zero-order chi connectivity index (χ0) is 25.8. The van der Waals surface area contributed by atoms with Gasteiger partial charge in [-0.2, -0.15) is 0 Å². The van der Waals surface area contributed by atoms with Gasteiger partial charge in [0.15, 0.2) is 0 Å². The number of aliphatic hydroxyl groups excluding tert-OH is 1. The number of pyridine rings is 1. The van der Waals surface area contributed by atoms with Crippen molar-refractivity contribution < 1.29 is 9.94 Å². The van der Waals surface area contributed by atoms with E-state index in [1.165, 1.54) is 28.0 Å². The highest BCUT2D eigenvalue weighted by Crippen LogP contribution is 2.47. The molecule has 0 radical (unpaired) electrons.